The molecule has 1 saturated carbocycles. The van der Waals surface area contributed by atoms with Crippen molar-refractivity contribution in [1.29, 1.82) is 0 Å². The Labute approximate surface area is 134 Å². The van der Waals surface area contributed by atoms with Gasteiger partial charge in [0.15, 0.2) is 5.92 Å². The van der Waals surface area contributed by atoms with Crippen molar-refractivity contribution in [3.63, 3.8) is 0 Å². The van der Waals surface area contributed by atoms with Gasteiger partial charge in [0.05, 0.1) is 14.1 Å². The molecule has 0 spiro atoms. The highest BCUT2D eigenvalue weighted by Crippen LogP contribution is 2.36. The molecule has 0 saturated heterocycles. The van der Waals surface area contributed by atoms with Crippen molar-refractivity contribution >= 4 is 40.4 Å². The van der Waals surface area contributed by atoms with Crippen molar-refractivity contribution in [3.05, 3.63) is 0 Å². The Morgan fingerprint density at radius 1 is 1.36 bits per heavy atom. The molecule has 118 valence electrons. The van der Waals surface area contributed by atoms with E-state index in [0.717, 1.165) is 30.1 Å². The second-order valence-corrected chi connectivity index (χ2v) is 7.52. The van der Waals surface area contributed by atoms with Crippen LogP contribution >= 0.6 is 11.8 Å². The van der Waals surface area contributed by atoms with Crippen molar-refractivity contribution in [3.8, 4) is 0 Å². The van der Waals surface area contributed by atoms with E-state index < -0.39 is 5.92 Å². The molecule has 1 fully saturated rings. The molecule has 0 N–H and O–H groups in total. The van der Waals surface area contributed by atoms with Gasteiger partial charge in [-0.25, -0.2) is 9.79 Å². The van der Waals surface area contributed by atoms with Gasteiger partial charge in [-0.15, -0.1) is 11.8 Å². The highest BCUT2D eigenvalue weighted by molar-refractivity contribution is 8.14. The first kappa shape index (κ1) is 15.4. The van der Waals surface area contributed by atoms with E-state index in [1.807, 2.05) is 0 Å². The van der Waals surface area contributed by atoms with Crippen LogP contribution in [-0.4, -0.2) is 57.5 Å². The van der Waals surface area contributed by atoms with Gasteiger partial charge in [0.25, 0.3) is 5.84 Å². The third-order valence-corrected chi connectivity index (χ3v) is 5.60. The van der Waals surface area contributed by atoms with Crippen molar-refractivity contribution in [2.45, 2.75) is 38.4 Å². The third-order valence-electron chi connectivity index (χ3n) is 4.29. The molecule has 2 unspecified atom stereocenters. The Morgan fingerprint density at radius 2 is 2.05 bits per heavy atom. The number of imide groups is 1. The molecule has 0 aromatic rings. The number of rotatable bonds is 3. The quantitative estimate of drug-likeness (QED) is 0.747. The van der Waals surface area contributed by atoms with Crippen LogP contribution in [0.2, 0.25) is 0 Å². The van der Waals surface area contributed by atoms with Gasteiger partial charge in [0.1, 0.15) is 5.04 Å². The van der Waals surface area contributed by atoms with Crippen LogP contribution in [0.5, 0.6) is 0 Å². The summed E-state index contributed by atoms with van der Waals surface area (Å²) in [5.74, 6) is 0.949. The van der Waals surface area contributed by atoms with Gasteiger partial charge < -0.3 is 0 Å². The summed E-state index contributed by atoms with van der Waals surface area (Å²) in [6.07, 6.45) is 3.18. The van der Waals surface area contributed by atoms with Gasteiger partial charge >= 0.3 is 11.9 Å². The Bertz CT molecular complexity index is 633. The van der Waals surface area contributed by atoms with Crippen LogP contribution in [0.1, 0.15) is 33.1 Å². The molecule has 3 rings (SSSR count). The van der Waals surface area contributed by atoms with E-state index in [1.54, 1.807) is 18.8 Å². The van der Waals surface area contributed by atoms with E-state index in [2.05, 4.69) is 23.8 Å². The summed E-state index contributed by atoms with van der Waals surface area (Å²) in [7, 11) is 3.20. The minimum atomic E-state index is -0.533. The zero-order valence-corrected chi connectivity index (χ0v) is 14.2. The molecule has 7 heteroatoms. The van der Waals surface area contributed by atoms with Gasteiger partial charge in [-0.1, -0.05) is 18.8 Å². The van der Waals surface area contributed by atoms with E-state index in [9.17, 15) is 9.59 Å². The molecular weight excluding hydrogens is 300 g/mol. The third kappa shape index (κ3) is 2.51. The summed E-state index contributed by atoms with van der Waals surface area (Å²) in [5.41, 5.74) is 0. The highest BCUT2D eigenvalue weighted by atomic mass is 32.2. The average molecular weight is 321 g/mol. The number of urea groups is 1. The number of amidine groups is 2. The van der Waals surface area contributed by atoms with Crippen molar-refractivity contribution in [2.75, 3.05) is 14.1 Å². The summed E-state index contributed by atoms with van der Waals surface area (Å²) in [4.78, 5) is 35.1. The summed E-state index contributed by atoms with van der Waals surface area (Å²) in [6.45, 7) is 4.24. The van der Waals surface area contributed by atoms with Crippen LogP contribution in [0.25, 0.3) is 0 Å². The number of thioether (sulfide) groups is 1. The summed E-state index contributed by atoms with van der Waals surface area (Å²) in [5, 5.41) is 1.16. The second-order valence-electron chi connectivity index (χ2n) is 6.06. The minimum Gasteiger partial charge on any atom is -0.255 e. The molecule has 3 amide bonds. The molecular formula is C15H21N4O2S+. The van der Waals surface area contributed by atoms with Crippen LogP contribution in [0.3, 0.4) is 0 Å². The monoisotopic (exact) mass is 321 g/mol. The fraction of sp³-hybridized carbons (Fsp3) is 0.667. The first-order chi connectivity index (χ1) is 10.4. The first-order valence-corrected chi connectivity index (χ1v) is 8.57. The zero-order chi connectivity index (χ0) is 16.0. The number of carbonyl (C=O) groups excluding carboxylic acids is 2. The van der Waals surface area contributed by atoms with E-state index in [4.69, 9.17) is 0 Å². The lowest BCUT2D eigenvalue weighted by Crippen LogP contribution is -2.54. The van der Waals surface area contributed by atoms with Gasteiger partial charge in [-0.3, -0.25) is 4.79 Å². The molecule has 22 heavy (non-hydrogen) atoms. The van der Waals surface area contributed by atoms with Crippen molar-refractivity contribution in [1.82, 2.24) is 4.90 Å². The standard InChI is InChI=1S/C15H21N4O2S/c1-5-8(2)22-13-10-12(16-11(17-13)9-6-7-9)18(3)15(21)19(4)14(10)20/h8-10H,5-7H2,1-4H3/q+1. The predicted octanol–water partition coefficient (Wildman–Crippen LogP) is 1.99. The van der Waals surface area contributed by atoms with E-state index in [-0.39, 0.29) is 11.9 Å². The first-order valence-electron chi connectivity index (χ1n) is 7.70. The van der Waals surface area contributed by atoms with E-state index in [0.29, 0.717) is 17.0 Å². The Hall–Kier alpha value is -1.50. The van der Waals surface area contributed by atoms with Gasteiger partial charge in [0.2, 0.25) is 5.84 Å². The number of aliphatic imine (C=N–C) groups is 2. The molecule has 2 atom stereocenters. The van der Waals surface area contributed by atoms with Crippen LogP contribution in [0.4, 0.5) is 4.79 Å². The Kier molecular flexibility index (Phi) is 3.92. The SMILES string of the molecule is CCC(C)SC1=NC(C2CC2)=NC2=[N+](C)C(=O)N(C)C(=O)C12. The number of hydrogen-bond acceptors (Lipinski definition) is 5. The maximum Gasteiger partial charge on any atom is 0.445 e. The number of carbonyl (C=O) groups is 2. The minimum absolute atomic E-state index is 0.230. The molecule has 0 aromatic carbocycles. The molecule has 0 radical (unpaired) electrons. The predicted molar refractivity (Wildman–Crippen MR) is 87.8 cm³/mol. The maximum atomic E-state index is 12.6. The number of hydrogen-bond donors (Lipinski definition) is 0. The van der Waals surface area contributed by atoms with Gasteiger partial charge in [-0.2, -0.15) is 9.48 Å². The van der Waals surface area contributed by atoms with Crippen molar-refractivity contribution in [2.24, 2.45) is 21.8 Å². The molecule has 3 aliphatic rings. The fourth-order valence-electron chi connectivity index (χ4n) is 2.50. The molecule has 0 aromatic heterocycles. The molecule has 2 heterocycles. The molecule has 2 aliphatic heterocycles. The summed E-state index contributed by atoms with van der Waals surface area (Å²) < 4.78 is 1.49. The van der Waals surface area contributed by atoms with Gasteiger partial charge in [0, 0.05) is 11.2 Å². The second kappa shape index (κ2) is 5.61. The lowest BCUT2D eigenvalue weighted by molar-refractivity contribution is -0.407. The van der Waals surface area contributed by atoms with Gasteiger partial charge in [-0.05, 0) is 19.3 Å². The van der Waals surface area contributed by atoms with Crippen LogP contribution in [0.15, 0.2) is 9.98 Å². The average Bonchev–Trinajstić information content (AvgIpc) is 3.34. The summed E-state index contributed by atoms with van der Waals surface area (Å²) >= 11 is 1.63. The fourth-order valence-corrected chi connectivity index (χ4v) is 3.57. The zero-order valence-electron chi connectivity index (χ0n) is 13.4. The van der Waals surface area contributed by atoms with Crippen molar-refractivity contribution < 1.29 is 14.2 Å². The lowest BCUT2D eigenvalue weighted by Gasteiger charge is -2.27. The maximum absolute atomic E-state index is 12.6. The summed E-state index contributed by atoms with van der Waals surface area (Å²) in [6, 6.07) is -0.329. The Balaban J connectivity index is 2.06. The van der Waals surface area contributed by atoms with Crippen LogP contribution < -0.4 is 0 Å². The normalized spacial score (nSPS) is 26.7. The van der Waals surface area contributed by atoms with E-state index >= 15 is 0 Å². The van der Waals surface area contributed by atoms with Crippen LogP contribution in [-0.2, 0) is 4.79 Å². The molecule has 0 bridgehead atoms. The highest BCUT2D eigenvalue weighted by Gasteiger charge is 2.50. The molecule has 1 aliphatic carbocycles. The number of nitrogens with zero attached hydrogens (tertiary/aromatic N) is 4. The smallest absolute Gasteiger partial charge is 0.255 e. The number of fused-ring (bicyclic) bond motifs is 1. The lowest BCUT2D eigenvalue weighted by atomic mass is 10.0. The number of amides is 3. The largest absolute Gasteiger partial charge is 0.445 e. The van der Waals surface area contributed by atoms with E-state index in [1.165, 1.54) is 16.5 Å². The van der Waals surface area contributed by atoms with Crippen LogP contribution in [0, 0.1) is 11.8 Å². The molecule has 6 nitrogen and oxygen atoms in total. The topological polar surface area (TPSA) is 65.1 Å². The Morgan fingerprint density at radius 3 is 2.64 bits per heavy atom.